The van der Waals surface area contributed by atoms with Crippen molar-refractivity contribution in [2.75, 3.05) is 13.2 Å². The maximum absolute atomic E-state index is 12.2. The van der Waals surface area contributed by atoms with Gasteiger partial charge in [-0.15, -0.1) is 0 Å². The molecule has 14 heteroatoms. The predicted octanol–water partition coefficient (Wildman–Crippen LogP) is 2.11. The van der Waals surface area contributed by atoms with Crippen molar-refractivity contribution in [2.24, 2.45) is 29.6 Å². The molecule has 0 aromatic heterocycles. The highest BCUT2D eigenvalue weighted by atomic mass is 16.8. The van der Waals surface area contributed by atoms with Crippen LogP contribution in [0.1, 0.15) is 69.2 Å². The Hall–Kier alpha value is -2.36. The summed E-state index contributed by atoms with van der Waals surface area (Å²) in [6, 6.07) is 0. The molecule has 0 amide bonds. The molecule has 14 nitrogen and oxygen atoms in total. The van der Waals surface area contributed by atoms with Crippen LogP contribution in [0.3, 0.4) is 0 Å². The number of aliphatic hydroxyl groups is 1. The Kier molecular flexibility index (Phi) is 13.2. The SMILES string of the molecule is CC(=O)OCC1O[C@@H](O[C@H]2C(O[C@@H]3OC(C)[C@H](C)[C@H](C)C3OC(C)=O)C(O)OC(COC(C)=O)[C@H]2C)C(OC(C)=O)[C@@H](C)[C@@H]1C. The average Bonchev–Trinajstić information content (AvgIpc) is 2.94. The van der Waals surface area contributed by atoms with Crippen LogP contribution in [0.15, 0.2) is 0 Å². The molecule has 0 aliphatic carbocycles. The predicted molar refractivity (Wildman–Crippen MR) is 154 cm³/mol. The number of rotatable bonds is 10. The molecule has 0 bridgehead atoms. The number of carbonyl (C=O) groups excluding carboxylic acids is 4. The number of aliphatic hydroxyl groups excluding tert-OH is 1. The molecule has 7 unspecified atom stereocenters. The molecule has 0 radical (unpaired) electrons. The van der Waals surface area contributed by atoms with E-state index in [1.54, 1.807) is 6.92 Å². The molecule has 258 valence electrons. The molecule has 15 atom stereocenters. The molecule has 0 spiro atoms. The lowest BCUT2D eigenvalue weighted by atomic mass is 9.83. The standard InChI is InChI=1S/C31H50O14/c1-13-15(3)26(40-21(9)34)30(39-18(13)6)45-28-25(17(5)24(42-29(28)36)12-38-20(8)33)44-31-27(41-22(10)35)16(4)14(2)23(43-31)11-37-19(7)32/h13-18,23-31,36H,11-12H2,1-10H3/t13-,14+,15+,16+,17-,18?,23?,24?,25-,26?,27?,28?,29?,30+,31+/m1/s1. The van der Waals surface area contributed by atoms with Crippen LogP contribution < -0.4 is 0 Å². The van der Waals surface area contributed by atoms with Gasteiger partial charge in [-0.1, -0.05) is 34.6 Å². The van der Waals surface area contributed by atoms with Crippen molar-refractivity contribution < 1.29 is 66.9 Å². The first-order chi connectivity index (χ1) is 21.0. The van der Waals surface area contributed by atoms with Crippen LogP contribution in [0.2, 0.25) is 0 Å². The summed E-state index contributed by atoms with van der Waals surface area (Å²) in [4.78, 5) is 47.4. The van der Waals surface area contributed by atoms with E-state index >= 15 is 0 Å². The van der Waals surface area contributed by atoms with Crippen molar-refractivity contribution in [1.82, 2.24) is 0 Å². The van der Waals surface area contributed by atoms with Crippen molar-refractivity contribution in [2.45, 2.75) is 131 Å². The Labute approximate surface area is 264 Å². The third-order valence-electron chi connectivity index (χ3n) is 9.33. The van der Waals surface area contributed by atoms with E-state index in [-0.39, 0.29) is 43.0 Å². The molecular weight excluding hydrogens is 596 g/mol. The lowest BCUT2D eigenvalue weighted by Gasteiger charge is -2.50. The van der Waals surface area contributed by atoms with Gasteiger partial charge < -0.3 is 47.7 Å². The molecular formula is C31H50O14. The Balaban J connectivity index is 1.98. The second kappa shape index (κ2) is 16.0. The van der Waals surface area contributed by atoms with Gasteiger partial charge in [0, 0.05) is 45.4 Å². The van der Waals surface area contributed by atoms with E-state index in [1.165, 1.54) is 27.7 Å². The largest absolute Gasteiger partial charge is 0.463 e. The minimum Gasteiger partial charge on any atom is -0.463 e. The zero-order chi connectivity index (χ0) is 33.7. The molecule has 3 heterocycles. The first kappa shape index (κ1) is 37.1. The zero-order valence-corrected chi connectivity index (χ0v) is 27.8. The van der Waals surface area contributed by atoms with Crippen molar-refractivity contribution in [3.05, 3.63) is 0 Å². The number of carbonyl (C=O) groups is 4. The Bertz CT molecular complexity index is 1030. The summed E-state index contributed by atoms with van der Waals surface area (Å²) >= 11 is 0. The smallest absolute Gasteiger partial charge is 0.303 e. The molecule has 0 aromatic rings. The Morgan fingerprint density at radius 1 is 0.533 bits per heavy atom. The lowest BCUT2D eigenvalue weighted by molar-refractivity contribution is -0.373. The number of esters is 4. The van der Waals surface area contributed by atoms with Gasteiger partial charge in [0.1, 0.15) is 19.3 Å². The van der Waals surface area contributed by atoms with Crippen LogP contribution in [0.25, 0.3) is 0 Å². The summed E-state index contributed by atoms with van der Waals surface area (Å²) < 4.78 is 52.9. The highest BCUT2D eigenvalue weighted by molar-refractivity contribution is 5.67. The Morgan fingerprint density at radius 3 is 1.47 bits per heavy atom. The van der Waals surface area contributed by atoms with E-state index in [1.807, 2.05) is 34.6 Å². The molecule has 45 heavy (non-hydrogen) atoms. The highest BCUT2D eigenvalue weighted by Crippen LogP contribution is 2.40. The van der Waals surface area contributed by atoms with Gasteiger partial charge in [0.25, 0.3) is 0 Å². The lowest BCUT2D eigenvalue weighted by Crippen LogP contribution is -2.63. The van der Waals surface area contributed by atoms with Gasteiger partial charge in [0.2, 0.25) is 0 Å². The van der Waals surface area contributed by atoms with E-state index in [2.05, 4.69) is 0 Å². The molecule has 3 saturated heterocycles. The molecule has 1 N–H and O–H groups in total. The van der Waals surface area contributed by atoms with Crippen molar-refractivity contribution in [3.63, 3.8) is 0 Å². The van der Waals surface area contributed by atoms with Gasteiger partial charge in [-0.2, -0.15) is 0 Å². The average molecular weight is 647 g/mol. The molecule has 3 fully saturated rings. The number of hydrogen-bond acceptors (Lipinski definition) is 14. The van der Waals surface area contributed by atoms with Crippen LogP contribution in [0.4, 0.5) is 0 Å². The summed E-state index contributed by atoms with van der Waals surface area (Å²) in [5.74, 6) is -3.27. The van der Waals surface area contributed by atoms with Gasteiger partial charge in [-0.3, -0.25) is 19.2 Å². The van der Waals surface area contributed by atoms with Crippen molar-refractivity contribution >= 4 is 23.9 Å². The van der Waals surface area contributed by atoms with Crippen molar-refractivity contribution in [1.29, 1.82) is 0 Å². The fourth-order valence-electron chi connectivity index (χ4n) is 6.07. The second-order valence-corrected chi connectivity index (χ2v) is 12.6. The summed E-state index contributed by atoms with van der Waals surface area (Å²) in [5, 5.41) is 11.3. The molecule has 3 aliphatic rings. The van der Waals surface area contributed by atoms with Gasteiger partial charge in [-0.25, -0.2) is 0 Å². The molecule has 3 aliphatic heterocycles. The van der Waals surface area contributed by atoms with E-state index in [0.717, 1.165) is 0 Å². The quantitative estimate of drug-likeness (QED) is 0.270. The van der Waals surface area contributed by atoms with Crippen LogP contribution in [-0.2, 0) is 61.8 Å². The fourth-order valence-corrected chi connectivity index (χ4v) is 6.07. The van der Waals surface area contributed by atoms with Crippen LogP contribution >= 0.6 is 0 Å². The zero-order valence-electron chi connectivity index (χ0n) is 27.8. The van der Waals surface area contributed by atoms with Crippen LogP contribution in [0, 0.1) is 29.6 Å². The second-order valence-electron chi connectivity index (χ2n) is 12.6. The maximum atomic E-state index is 12.2. The van der Waals surface area contributed by atoms with Gasteiger partial charge in [0.15, 0.2) is 31.1 Å². The first-order valence-corrected chi connectivity index (χ1v) is 15.6. The monoisotopic (exact) mass is 646 g/mol. The summed E-state index contributed by atoms with van der Waals surface area (Å²) in [5.41, 5.74) is 0. The minimum atomic E-state index is -1.60. The summed E-state index contributed by atoms with van der Waals surface area (Å²) in [6.07, 6.45) is -9.43. The Morgan fingerprint density at radius 2 is 0.978 bits per heavy atom. The van der Waals surface area contributed by atoms with E-state index in [0.29, 0.717) is 0 Å². The number of hydrogen-bond donors (Lipinski definition) is 1. The minimum absolute atomic E-state index is 0.0265. The third-order valence-corrected chi connectivity index (χ3v) is 9.33. The topological polar surface area (TPSA) is 172 Å². The highest BCUT2D eigenvalue weighted by Gasteiger charge is 2.53. The van der Waals surface area contributed by atoms with Gasteiger partial charge >= 0.3 is 23.9 Å². The third kappa shape index (κ3) is 9.35. The van der Waals surface area contributed by atoms with Crippen LogP contribution in [0.5, 0.6) is 0 Å². The molecule has 0 aromatic carbocycles. The van der Waals surface area contributed by atoms with Crippen LogP contribution in [-0.4, -0.2) is 104 Å². The van der Waals surface area contributed by atoms with Gasteiger partial charge in [-0.05, 0) is 18.8 Å². The van der Waals surface area contributed by atoms with E-state index < -0.39 is 85.3 Å². The molecule has 0 saturated carbocycles. The van der Waals surface area contributed by atoms with E-state index in [4.69, 9.17) is 42.6 Å². The maximum Gasteiger partial charge on any atom is 0.303 e. The normalized spacial score (nSPS) is 41.9. The first-order valence-electron chi connectivity index (χ1n) is 15.6. The summed E-state index contributed by atoms with van der Waals surface area (Å²) in [7, 11) is 0. The van der Waals surface area contributed by atoms with E-state index in [9.17, 15) is 24.3 Å². The fraction of sp³-hybridized carbons (Fsp3) is 0.871. The van der Waals surface area contributed by atoms with Gasteiger partial charge in [0.05, 0.1) is 24.4 Å². The summed E-state index contributed by atoms with van der Waals surface area (Å²) in [6.45, 7) is 16.2. The molecule has 3 rings (SSSR count). The number of ether oxygens (including phenoxy) is 9. The van der Waals surface area contributed by atoms with Crippen molar-refractivity contribution in [3.8, 4) is 0 Å².